The van der Waals surface area contributed by atoms with Crippen molar-refractivity contribution in [2.75, 3.05) is 13.1 Å². The van der Waals surface area contributed by atoms with Gasteiger partial charge < -0.3 is 14.7 Å². The molecule has 1 aromatic heterocycles. The second kappa shape index (κ2) is 11.2. The number of amides is 1. The van der Waals surface area contributed by atoms with E-state index in [4.69, 9.17) is 27.9 Å². The number of ether oxygens (including phenoxy) is 1. The molecule has 8 nitrogen and oxygen atoms in total. The number of carboxylic acid groups (broad SMARTS) is 1. The average molecular weight is 618 g/mol. The zero-order valence-electron chi connectivity index (χ0n) is 23.1. The second-order valence-corrected chi connectivity index (χ2v) is 12.7. The van der Waals surface area contributed by atoms with Crippen molar-refractivity contribution in [3.05, 3.63) is 50.8 Å². The third-order valence-corrected chi connectivity index (χ3v) is 8.53. The van der Waals surface area contributed by atoms with Crippen LogP contribution in [0.3, 0.4) is 0 Å². The van der Waals surface area contributed by atoms with E-state index in [0.717, 1.165) is 15.8 Å². The highest BCUT2D eigenvalue weighted by Gasteiger charge is 2.46. The third kappa shape index (κ3) is 6.57. The normalized spacial score (nSPS) is 24.0. The van der Waals surface area contributed by atoms with E-state index in [-0.39, 0.29) is 47.8 Å². The third-order valence-electron chi connectivity index (χ3n) is 7.93. The van der Waals surface area contributed by atoms with E-state index in [1.54, 1.807) is 13.8 Å². The number of aliphatic carboxylic acids is 1. The molecule has 2 aromatic rings. The molecule has 1 N–H and O–H groups in total. The first-order valence-electron chi connectivity index (χ1n) is 13.3. The number of hydrogen-bond donors (Lipinski definition) is 1. The molecular formula is C28H32Cl2F3N3O5. The summed E-state index contributed by atoms with van der Waals surface area (Å²) < 4.78 is 50.0. The molecule has 0 spiro atoms. The number of rotatable bonds is 8. The monoisotopic (exact) mass is 617 g/mol. The Morgan fingerprint density at radius 2 is 1.71 bits per heavy atom. The summed E-state index contributed by atoms with van der Waals surface area (Å²) in [6.45, 7) is 6.29. The second-order valence-electron chi connectivity index (χ2n) is 11.9. The first-order chi connectivity index (χ1) is 18.9. The minimum atomic E-state index is -4.94. The van der Waals surface area contributed by atoms with Crippen LogP contribution in [-0.2, 0) is 15.7 Å². The maximum atomic E-state index is 14.5. The number of carbonyl (C=O) groups excluding carboxylic acids is 2. The Hall–Kier alpha value is -2.63. The Morgan fingerprint density at radius 3 is 2.20 bits per heavy atom. The number of benzene rings is 1. The smallest absolute Gasteiger partial charge is 0.433 e. The van der Waals surface area contributed by atoms with Crippen molar-refractivity contribution in [2.45, 2.75) is 83.7 Å². The minimum Gasteiger partial charge on any atom is -0.481 e. The van der Waals surface area contributed by atoms with Crippen molar-refractivity contribution < 1.29 is 37.4 Å². The van der Waals surface area contributed by atoms with Crippen molar-refractivity contribution >= 4 is 40.9 Å². The van der Waals surface area contributed by atoms with Crippen molar-refractivity contribution in [3.63, 3.8) is 0 Å². The number of nitrogens with zero attached hydrogens (tertiary/aromatic N) is 3. The van der Waals surface area contributed by atoms with Crippen LogP contribution in [0.1, 0.15) is 90.9 Å². The zero-order valence-corrected chi connectivity index (χ0v) is 24.7. The maximum Gasteiger partial charge on any atom is 0.433 e. The molecule has 1 saturated carbocycles. The number of halogens is 5. The summed E-state index contributed by atoms with van der Waals surface area (Å²) in [6.07, 6.45) is -3.39. The summed E-state index contributed by atoms with van der Waals surface area (Å²) in [5, 5.41) is 13.6. The molecule has 224 valence electrons. The van der Waals surface area contributed by atoms with Crippen LogP contribution >= 0.6 is 23.2 Å². The van der Waals surface area contributed by atoms with Gasteiger partial charge in [0.15, 0.2) is 11.5 Å². The first-order valence-corrected chi connectivity index (χ1v) is 14.0. The van der Waals surface area contributed by atoms with Gasteiger partial charge in [-0.25, -0.2) is 0 Å². The molecule has 1 aliphatic carbocycles. The van der Waals surface area contributed by atoms with E-state index >= 15 is 0 Å². The van der Waals surface area contributed by atoms with Gasteiger partial charge >= 0.3 is 12.1 Å². The van der Waals surface area contributed by atoms with E-state index in [2.05, 4.69) is 5.10 Å². The van der Waals surface area contributed by atoms with Gasteiger partial charge in [-0.15, -0.1) is 0 Å². The standard InChI is InChI=1S/C28H32Cl2F3N3O5/c1-15-9-19(29)22(20(30)10-15)21(37)14-35(13-17-11-26(2,3)41-17)24(38)18-12-34-36(23(18)28(31,32)33)16-5-7-27(4,8-6-16)25(39)40/h9-10,12,16-17H,5-8,11,13-14H2,1-4H3,(H,39,40)/t16-,17-,27-/m0/s1. The van der Waals surface area contributed by atoms with Crippen LogP contribution in [0.2, 0.25) is 10.0 Å². The SMILES string of the molecule is Cc1cc(Cl)c(C(=O)CN(C[C@@H]2CC(C)(C)O2)C(=O)c2cnn([C@H]3CC[C@](C)(C(=O)O)CC3)c2C(F)(F)F)c(Cl)c1. The Kier molecular flexibility index (Phi) is 8.57. The number of carboxylic acids is 1. The Balaban J connectivity index is 1.66. The molecule has 2 fully saturated rings. The van der Waals surface area contributed by atoms with Gasteiger partial charge in [0.1, 0.15) is 0 Å². The van der Waals surface area contributed by atoms with Crippen LogP contribution in [0.5, 0.6) is 0 Å². The predicted octanol–water partition coefficient (Wildman–Crippen LogP) is 6.62. The number of alkyl halides is 3. The van der Waals surface area contributed by atoms with Crippen molar-refractivity contribution in [1.82, 2.24) is 14.7 Å². The van der Waals surface area contributed by atoms with Crippen molar-refractivity contribution in [2.24, 2.45) is 5.41 Å². The number of carbonyl (C=O) groups is 3. The van der Waals surface area contributed by atoms with Crippen LogP contribution < -0.4 is 0 Å². The van der Waals surface area contributed by atoms with Crippen LogP contribution in [0, 0.1) is 12.3 Å². The number of Topliss-reactive ketones (excluding diaryl/α,β-unsaturated/α-hetero) is 1. The average Bonchev–Trinajstić information content (AvgIpc) is 3.27. The Morgan fingerprint density at radius 1 is 1.15 bits per heavy atom. The molecular weight excluding hydrogens is 586 g/mol. The molecule has 0 radical (unpaired) electrons. The lowest BCUT2D eigenvalue weighted by molar-refractivity contribution is -0.187. The molecule has 1 atom stereocenters. The van der Waals surface area contributed by atoms with E-state index in [1.807, 2.05) is 13.8 Å². The molecule has 13 heteroatoms. The molecule has 41 heavy (non-hydrogen) atoms. The summed E-state index contributed by atoms with van der Waals surface area (Å²) >= 11 is 12.5. The van der Waals surface area contributed by atoms with Crippen LogP contribution in [0.25, 0.3) is 0 Å². The van der Waals surface area contributed by atoms with Gasteiger partial charge in [0.25, 0.3) is 5.91 Å². The lowest BCUT2D eigenvalue weighted by Crippen LogP contribution is -2.53. The minimum absolute atomic E-state index is 0.0259. The molecule has 0 bridgehead atoms. The van der Waals surface area contributed by atoms with E-state index in [0.29, 0.717) is 12.0 Å². The fourth-order valence-corrected chi connectivity index (χ4v) is 6.53. The van der Waals surface area contributed by atoms with Gasteiger partial charge in [-0.2, -0.15) is 18.3 Å². The molecule has 1 aliphatic heterocycles. The van der Waals surface area contributed by atoms with E-state index in [1.165, 1.54) is 12.1 Å². The topological polar surface area (TPSA) is 102 Å². The summed E-state index contributed by atoms with van der Waals surface area (Å²) in [7, 11) is 0. The van der Waals surface area contributed by atoms with Crippen LogP contribution in [0.4, 0.5) is 13.2 Å². The van der Waals surface area contributed by atoms with Crippen LogP contribution in [-0.4, -0.2) is 62.2 Å². The molecule has 2 heterocycles. The van der Waals surface area contributed by atoms with Crippen LogP contribution in [0.15, 0.2) is 18.3 Å². The summed E-state index contributed by atoms with van der Waals surface area (Å²) in [5.41, 5.74) is -2.74. The summed E-state index contributed by atoms with van der Waals surface area (Å²) in [5.74, 6) is -2.66. The van der Waals surface area contributed by atoms with Gasteiger partial charge in [0.2, 0.25) is 0 Å². The summed E-state index contributed by atoms with van der Waals surface area (Å²) in [4.78, 5) is 39.7. The Bertz CT molecular complexity index is 1340. The largest absolute Gasteiger partial charge is 0.481 e. The molecule has 2 aliphatic rings. The number of hydrogen-bond acceptors (Lipinski definition) is 5. The fraction of sp³-hybridized carbons (Fsp3) is 0.571. The molecule has 1 aromatic carbocycles. The Labute approximate surface area is 245 Å². The van der Waals surface area contributed by atoms with Gasteiger partial charge in [0, 0.05) is 13.0 Å². The lowest BCUT2D eigenvalue weighted by atomic mass is 9.74. The maximum absolute atomic E-state index is 14.5. The van der Waals surface area contributed by atoms with E-state index < -0.39 is 64.8 Å². The van der Waals surface area contributed by atoms with Gasteiger partial charge in [-0.3, -0.25) is 19.1 Å². The zero-order chi connectivity index (χ0) is 30.5. The summed E-state index contributed by atoms with van der Waals surface area (Å²) in [6, 6.07) is 2.34. The quantitative estimate of drug-likeness (QED) is 0.334. The fourth-order valence-electron chi connectivity index (χ4n) is 5.72. The van der Waals surface area contributed by atoms with Crippen molar-refractivity contribution in [3.8, 4) is 0 Å². The van der Waals surface area contributed by atoms with Crippen molar-refractivity contribution in [1.29, 1.82) is 0 Å². The predicted molar refractivity (Wildman–Crippen MR) is 145 cm³/mol. The molecule has 1 amide bonds. The van der Waals surface area contributed by atoms with Gasteiger partial charge in [-0.1, -0.05) is 23.2 Å². The number of aryl methyl sites for hydroxylation is 1. The highest BCUT2D eigenvalue weighted by Crippen LogP contribution is 2.43. The van der Waals surface area contributed by atoms with E-state index in [9.17, 15) is 32.7 Å². The number of aromatic nitrogens is 2. The first kappa shape index (κ1) is 31.3. The number of ketones is 1. The highest BCUT2D eigenvalue weighted by atomic mass is 35.5. The highest BCUT2D eigenvalue weighted by molar-refractivity contribution is 6.40. The van der Waals surface area contributed by atoms with Gasteiger partial charge in [-0.05, 0) is 71.1 Å². The molecule has 1 saturated heterocycles. The molecule has 4 rings (SSSR count). The lowest BCUT2D eigenvalue weighted by Gasteiger charge is -2.44. The van der Waals surface area contributed by atoms with Gasteiger partial charge in [0.05, 0.1) is 57.1 Å². The molecule has 0 unspecified atom stereocenters.